The van der Waals surface area contributed by atoms with E-state index in [-0.39, 0.29) is 0 Å². The Labute approximate surface area is 79.7 Å². The molecule has 13 heavy (non-hydrogen) atoms. The highest BCUT2D eigenvalue weighted by molar-refractivity contribution is 6.00. The van der Waals surface area contributed by atoms with Crippen LogP contribution in [-0.4, -0.2) is 12.8 Å². The molecule has 1 fully saturated rings. The smallest absolute Gasteiger partial charge is 0.106 e. The lowest BCUT2D eigenvalue weighted by Crippen LogP contribution is -2.07. The maximum absolute atomic E-state index is 4.83. The largest absolute Gasteiger partial charge is 0.399 e. The van der Waals surface area contributed by atoms with Gasteiger partial charge in [-0.2, -0.15) is 0 Å². The fourth-order valence-corrected chi connectivity index (χ4v) is 2.46. The van der Waals surface area contributed by atoms with Crippen LogP contribution in [0.2, 0.25) is 0 Å². The fraction of sp³-hybridized carbons (Fsp3) is 0.727. The molecule has 2 aliphatic rings. The van der Waals surface area contributed by atoms with Gasteiger partial charge in [0.25, 0.3) is 0 Å². The van der Waals surface area contributed by atoms with Gasteiger partial charge in [0.05, 0.1) is 5.71 Å². The summed E-state index contributed by atoms with van der Waals surface area (Å²) in [6.45, 7) is 6.80. The molecule has 0 spiro atoms. The molecule has 0 radical (unpaired) electrons. The Morgan fingerprint density at radius 1 is 1.54 bits per heavy atom. The van der Waals surface area contributed by atoms with Crippen LogP contribution < -0.4 is 0 Å². The molecule has 72 valence electrons. The lowest BCUT2D eigenvalue weighted by molar-refractivity contribution is 0.212. The highest BCUT2D eigenvalue weighted by Crippen LogP contribution is 2.63. The molecule has 2 rings (SSSR count). The van der Waals surface area contributed by atoms with Crippen molar-refractivity contribution in [1.29, 1.82) is 0 Å². The topological polar surface area (TPSA) is 21.6 Å². The van der Waals surface area contributed by atoms with E-state index in [1.54, 1.807) is 7.11 Å². The zero-order chi connectivity index (χ0) is 9.64. The van der Waals surface area contributed by atoms with Crippen molar-refractivity contribution in [3.63, 3.8) is 0 Å². The zero-order valence-corrected chi connectivity index (χ0v) is 8.79. The number of rotatable bonds is 1. The molecule has 0 aliphatic heterocycles. The maximum Gasteiger partial charge on any atom is 0.106 e. The van der Waals surface area contributed by atoms with Crippen molar-refractivity contribution in [1.82, 2.24) is 0 Å². The van der Waals surface area contributed by atoms with Crippen molar-refractivity contribution in [2.24, 2.45) is 22.4 Å². The van der Waals surface area contributed by atoms with E-state index in [4.69, 9.17) is 4.84 Å². The van der Waals surface area contributed by atoms with Gasteiger partial charge < -0.3 is 4.84 Å². The molecular weight excluding hydrogens is 162 g/mol. The normalized spacial score (nSPS) is 38.2. The Bertz CT molecular complexity index is 288. The number of allylic oxidation sites excluding steroid dienone is 2. The molecule has 0 saturated heterocycles. The second-order valence-corrected chi connectivity index (χ2v) is 4.73. The molecular formula is C11H17NO. The van der Waals surface area contributed by atoms with Crippen molar-refractivity contribution in [2.75, 3.05) is 7.11 Å². The van der Waals surface area contributed by atoms with Crippen LogP contribution in [0.15, 0.2) is 16.8 Å². The van der Waals surface area contributed by atoms with Gasteiger partial charge in [-0.15, -0.1) is 0 Å². The van der Waals surface area contributed by atoms with Gasteiger partial charge in [-0.05, 0) is 36.2 Å². The van der Waals surface area contributed by atoms with Gasteiger partial charge in [0.2, 0.25) is 0 Å². The van der Waals surface area contributed by atoms with E-state index in [0.29, 0.717) is 5.41 Å². The van der Waals surface area contributed by atoms with Crippen LogP contribution in [0.1, 0.15) is 27.2 Å². The van der Waals surface area contributed by atoms with E-state index in [0.717, 1.165) is 24.0 Å². The van der Waals surface area contributed by atoms with E-state index >= 15 is 0 Å². The molecule has 0 amide bonds. The summed E-state index contributed by atoms with van der Waals surface area (Å²) in [5.74, 6) is 1.58. The van der Waals surface area contributed by atoms with Crippen molar-refractivity contribution in [3.05, 3.63) is 11.6 Å². The second-order valence-electron chi connectivity index (χ2n) is 4.73. The third-order valence-electron chi connectivity index (χ3n) is 3.64. The van der Waals surface area contributed by atoms with Crippen LogP contribution in [0.5, 0.6) is 0 Å². The summed E-state index contributed by atoms with van der Waals surface area (Å²) in [5, 5.41) is 4.06. The standard InChI is InChI=1S/C11H17NO/c1-7-5-8-9(11(8,2)3)6-10(7)12-13-4/h5,8-9H,6H2,1-4H3/b12-10+/t8-,9+/m0/s1. The fourth-order valence-electron chi connectivity index (χ4n) is 2.46. The lowest BCUT2D eigenvalue weighted by Gasteiger charge is -2.09. The highest BCUT2D eigenvalue weighted by atomic mass is 16.6. The first kappa shape index (κ1) is 8.79. The summed E-state index contributed by atoms with van der Waals surface area (Å²) in [4.78, 5) is 4.83. The van der Waals surface area contributed by atoms with Crippen LogP contribution in [-0.2, 0) is 4.84 Å². The summed E-state index contributed by atoms with van der Waals surface area (Å²) in [5.41, 5.74) is 2.93. The minimum absolute atomic E-state index is 0.492. The number of hydrogen-bond donors (Lipinski definition) is 0. The molecule has 0 heterocycles. The van der Waals surface area contributed by atoms with Crippen LogP contribution in [0, 0.1) is 17.3 Å². The number of hydrogen-bond acceptors (Lipinski definition) is 2. The summed E-state index contributed by atoms with van der Waals surface area (Å²) in [6, 6.07) is 0. The minimum atomic E-state index is 0.492. The van der Waals surface area contributed by atoms with E-state index < -0.39 is 0 Å². The number of fused-ring (bicyclic) bond motifs is 1. The highest BCUT2D eigenvalue weighted by Gasteiger charge is 2.58. The second kappa shape index (κ2) is 2.60. The molecule has 0 unspecified atom stereocenters. The average molecular weight is 179 g/mol. The Morgan fingerprint density at radius 3 is 2.85 bits per heavy atom. The van der Waals surface area contributed by atoms with Crippen LogP contribution >= 0.6 is 0 Å². The maximum atomic E-state index is 4.83. The third kappa shape index (κ3) is 1.19. The first-order chi connectivity index (χ1) is 6.07. The van der Waals surface area contributed by atoms with Crippen LogP contribution in [0.25, 0.3) is 0 Å². The molecule has 1 saturated carbocycles. The average Bonchev–Trinajstić information content (AvgIpc) is 2.56. The molecule has 2 atom stereocenters. The van der Waals surface area contributed by atoms with E-state index in [9.17, 15) is 0 Å². The Hall–Kier alpha value is -0.790. The van der Waals surface area contributed by atoms with Crippen molar-refractivity contribution in [3.8, 4) is 0 Å². The summed E-state index contributed by atoms with van der Waals surface area (Å²) in [7, 11) is 1.62. The number of oxime groups is 1. The summed E-state index contributed by atoms with van der Waals surface area (Å²) >= 11 is 0. The lowest BCUT2D eigenvalue weighted by atomic mass is 9.99. The summed E-state index contributed by atoms with van der Waals surface area (Å²) < 4.78 is 0. The predicted molar refractivity (Wildman–Crippen MR) is 53.6 cm³/mol. The Morgan fingerprint density at radius 2 is 2.23 bits per heavy atom. The molecule has 0 aromatic carbocycles. The SMILES string of the molecule is CO/N=C1\C[C@@H]2[C@H](C=C1C)C2(C)C. The van der Waals surface area contributed by atoms with Crippen molar-refractivity contribution < 1.29 is 4.84 Å². The summed E-state index contributed by atoms with van der Waals surface area (Å²) in [6.07, 6.45) is 3.44. The van der Waals surface area contributed by atoms with E-state index in [1.807, 2.05) is 0 Å². The predicted octanol–water partition coefficient (Wildman–Crippen LogP) is 2.61. The van der Waals surface area contributed by atoms with Crippen molar-refractivity contribution >= 4 is 5.71 Å². The number of nitrogens with zero attached hydrogens (tertiary/aromatic N) is 1. The van der Waals surface area contributed by atoms with E-state index in [2.05, 4.69) is 32.0 Å². The van der Waals surface area contributed by atoms with Gasteiger partial charge in [0, 0.05) is 0 Å². The first-order valence-corrected chi connectivity index (χ1v) is 4.86. The van der Waals surface area contributed by atoms with Crippen LogP contribution in [0.3, 0.4) is 0 Å². The monoisotopic (exact) mass is 179 g/mol. The quantitative estimate of drug-likeness (QED) is 0.567. The first-order valence-electron chi connectivity index (χ1n) is 4.86. The van der Waals surface area contributed by atoms with Crippen LogP contribution in [0.4, 0.5) is 0 Å². The molecule has 2 nitrogen and oxygen atoms in total. The van der Waals surface area contributed by atoms with Gasteiger partial charge in [0.15, 0.2) is 0 Å². The molecule has 2 aliphatic carbocycles. The van der Waals surface area contributed by atoms with Gasteiger partial charge in [-0.3, -0.25) is 0 Å². The molecule has 0 aromatic rings. The molecule has 0 bridgehead atoms. The van der Waals surface area contributed by atoms with Gasteiger partial charge >= 0.3 is 0 Å². The molecule has 0 N–H and O–H groups in total. The Kier molecular flexibility index (Phi) is 1.76. The molecule has 0 aromatic heterocycles. The van der Waals surface area contributed by atoms with Crippen molar-refractivity contribution in [2.45, 2.75) is 27.2 Å². The molecule has 2 heteroatoms. The van der Waals surface area contributed by atoms with Gasteiger partial charge in [0.1, 0.15) is 7.11 Å². The minimum Gasteiger partial charge on any atom is -0.399 e. The Balaban J connectivity index is 2.22. The van der Waals surface area contributed by atoms with Gasteiger partial charge in [-0.1, -0.05) is 25.1 Å². The van der Waals surface area contributed by atoms with Gasteiger partial charge in [-0.25, -0.2) is 0 Å². The van der Waals surface area contributed by atoms with E-state index in [1.165, 1.54) is 5.57 Å². The third-order valence-corrected chi connectivity index (χ3v) is 3.64. The zero-order valence-electron chi connectivity index (χ0n) is 8.79.